The Bertz CT molecular complexity index is 2380. The maximum atomic E-state index is 2.60. The summed E-state index contributed by atoms with van der Waals surface area (Å²) in [4.78, 5) is 2.79. The molecule has 0 aliphatic carbocycles. The second kappa shape index (κ2) is 10.1. The molecule has 4 heteroatoms. The van der Waals surface area contributed by atoms with E-state index >= 15 is 0 Å². The van der Waals surface area contributed by atoms with Crippen LogP contribution in [-0.2, 0) is 0 Å². The molecular formula is C42H28NSSi2. The van der Waals surface area contributed by atoms with Gasteiger partial charge in [0.05, 0.1) is 11.0 Å². The molecule has 7 aromatic carbocycles. The second-order valence-corrected chi connectivity index (χ2v) is 19.4. The van der Waals surface area contributed by atoms with Crippen molar-refractivity contribution in [3.05, 3.63) is 170 Å². The molecule has 2 aliphatic rings. The Labute approximate surface area is 275 Å². The first kappa shape index (κ1) is 26.4. The fourth-order valence-electron chi connectivity index (χ4n) is 8.21. The van der Waals surface area contributed by atoms with Gasteiger partial charge in [-0.2, -0.15) is 0 Å². The van der Waals surface area contributed by atoms with Gasteiger partial charge in [-0.05, 0) is 57.1 Å². The fraction of sp³-hybridized carbons (Fsp3) is 0. The third kappa shape index (κ3) is 3.52. The Kier molecular flexibility index (Phi) is 5.76. The lowest BCUT2D eigenvalue weighted by Crippen LogP contribution is -2.87. The molecule has 2 aliphatic heterocycles. The zero-order valence-corrected chi connectivity index (χ0v) is 27.8. The zero-order valence-electron chi connectivity index (χ0n) is 25.0. The molecule has 46 heavy (non-hydrogen) atoms. The van der Waals surface area contributed by atoms with Crippen molar-refractivity contribution in [3.63, 3.8) is 0 Å². The molecule has 0 saturated heterocycles. The van der Waals surface area contributed by atoms with E-state index in [1.165, 1.54) is 58.0 Å². The SMILES string of the molecule is c1ccc([Si]2c3ccccc3[Si]3(c4ccccc4Sc4ccccc43)c3cc(-n4c5ccccc5c5ccccc54)ccc32)cc1. The standard InChI is InChI=1S/C42H28NSSi2/c1-2-14-30(15-3-1)45-37-22-10-13-25-41(37)46(39-23-11-8-20-35(39)44-36-21-9-12-24-40(36)46)42-28-29(26-27-38(42)45)43-33-18-6-4-16-31(33)32-17-5-7-19-34(32)43/h1-28H. The quantitative estimate of drug-likeness (QED) is 0.229. The third-order valence-corrected chi connectivity index (χ3v) is 19.8. The summed E-state index contributed by atoms with van der Waals surface area (Å²) in [6.45, 7) is 0. The number of benzene rings is 7. The maximum absolute atomic E-state index is 2.71. The number of fused-ring (bicyclic) bond motifs is 11. The highest BCUT2D eigenvalue weighted by atomic mass is 32.2. The summed E-state index contributed by atoms with van der Waals surface area (Å²) in [5, 5.41) is 13.2. The summed E-state index contributed by atoms with van der Waals surface area (Å²) < 4.78 is 2.50. The Morgan fingerprint density at radius 2 is 0.957 bits per heavy atom. The molecule has 0 N–H and O–H groups in total. The summed E-state index contributed by atoms with van der Waals surface area (Å²) in [5.41, 5.74) is 3.75. The predicted octanol–water partition coefficient (Wildman–Crippen LogP) is 5.46. The van der Waals surface area contributed by atoms with Crippen LogP contribution in [0.5, 0.6) is 0 Å². The van der Waals surface area contributed by atoms with Crippen LogP contribution < -0.4 is 36.3 Å². The second-order valence-electron chi connectivity index (χ2n) is 12.2. The average molecular weight is 635 g/mol. The van der Waals surface area contributed by atoms with Gasteiger partial charge in [-0.25, -0.2) is 0 Å². The molecule has 0 amide bonds. The molecule has 215 valence electrons. The van der Waals surface area contributed by atoms with Crippen molar-refractivity contribution in [1.82, 2.24) is 4.57 Å². The molecule has 0 saturated carbocycles. The Hall–Kier alpha value is -4.88. The van der Waals surface area contributed by atoms with Crippen LogP contribution >= 0.6 is 11.8 Å². The van der Waals surface area contributed by atoms with Crippen LogP contribution in [0.25, 0.3) is 27.5 Å². The first-order valence-electron chi connectivity index (χ1n) is 15.9. The zero-order chi connectivity index (χ0) is 30.2. The van der Waals surface area contributed by atoms with Crippen molar-refractivity contribution in [2.75, 3.05) is 0 Å². The van der Waals surface area contributed by atoms with Gasteiger partial charge in [0, 0.05) is 26.3 Å². The average Bonchev–Trinajstić information content (AvgIpc) is 3.46. The molecule has 1 nitrogen and oxygen atoms in total. The minimum absolute atomic E-state index is 1.24. The summed E-state index contributed by atoms with van der Waals surface area (Å²) in [7, 11) is -3.98. The Morgan fingerprint density at radius 3 is 1.63 bits per heavy atom. The largest absolute Gasteiger partial charge is 0.309 e. The van der Waals surface area contributed by atoms with Gasteiger partial charge in [-0.3, -0.25) is 0 Å². The van der Waals surface area contributed by atoms with E-state index in [0.717, 1.165) is 0 Å². The topological polar surface area (TPSA) is 4.93 Å². The minimum Gasteiger partial charge on any atom is -0.309 e. The van der Waals surface area contributed by atoms with Crippen molar-refractivity contribution in [1.29, 1.82) is 0 Å². The number of hydrogen-bond acceptors (Lipinski definition) is 1. The highest BCUT2D eigenvalue weighted by Gasteiger charge is 2.53. The van der Waals surface area contributed by atoms with E-state index < -0.39 is 16.9 Å². The van der Waals surface area contributed by atoms with Crippen LogP contribution in [0.2, 0.25) is 0 Å². The summed E-state index contributed by atoms with van der Waals surface area (Å²) in [6.07, 6.45) is 0. The number of hydrogen-bond donors (Lipinski definition) is 0. The van der Waals surface area contributed by atoms with Gasteiger partial charge in [-0.15, -0.1) is 0 Å². The van der Waals surface area contributed by atoms with Gasteiger partial charge in [0.25, 0.3) is 0 Å². The van der Waals surface area contributed by atoms with Crippen molar-refractivity contribution in [2.45, 2.75) is 9.79 Å². The van der Waals surface area contributed by atoms with Crippen LogP contribution in [0.3, 0.4) is 0 Å². The van der Waals surface area contributed by atoms with Crippen molar-refractivity contribution in [3.8, 4) is 5.69 Å². The van der Waals surface area contributed by atoms with Crippen LogP contribution in [-0.4, -0.2) is 21.4 Å². The lowest BCUT2D eigenvalue weighted by molar-refractivity contribution is 1.18. The summed E-state index contributed by atoms with van der Waals surface area (Å²) >= 11 is 1.94. The summed E-state index contributed by atoms with van der Waals surface area (Å²) in [5.74, 6) is 0. The van der Waals surface area contributed by atoms with Crippen LogP contribution in [0.15, 0.2) is 180 Å². The Balaban J connectivity index is 1.38. The van der Waals surface area contributed by atoms with Gasteiger partial charge in [0.2, 0.25) is 0 Å². The first-order valence-corrected chi connectivity index (χ1v) is 20.2. The van der Waals surface area contributed by atoms with E-state index in [4.69, 9.17) is 0 Å². The van der Waals surface area contributed by atoms with E-state index in [2.05, 4.69) is 174 Å². The van der Waals surface area contributed by atoms with Gasteiger partial charge < -0.3 is 4.57 Å². The van der Waals surface area contributed by atoms with E-state index in [9.17, 15) is 0 Å². The number of para-hydroxylation sites is 2. The molecule has 8 aromatic rings. The smallest absolute Gasteiger partial charge is 0.181 e. The summed E-state index contributed by atoms with van der Waals surface area (Å²) in [6, 6.07) is 64.5. The van der Waals surface area contributed by atoms with E-state index in [1.54, 1.807) is 15.6 Å². The Morgan fingerprint density at radius 1 is 0.435 bits per heavy atom. The number of rotatable bonds is 2. The van der Waals surface area contributed by atoms with Gasteiger partial charge >= 0.3 is 0 Å². The highest BCUT2D eigenvalue weighted by Crippen LogP contribution is 2.35. The lowest BCUT2D eigenvalue weighted by atomic mass is 10.2. The molecule has 0 atom stereocenters. The maximum Gasteiger partial charge on any atom is 0.181 e. The van der Waals surface area contributed by atoms with Crippen molar-refractivity contribution in [2.24, 2.45) is 0 Å². The van der Waals surface area contributed by atoms with Gasteiger partial charge in [0.15, 0.2) is 16.9 Å². The van der Waals surface area contributed by atoms with E-state index in [-0.39, 0.29) is 0 Å². The molecule has 10 rings (SSSR count). The fourth-order valence-corrected chi connectivity index (χ4v) is 19.9. The molecule has 1 aromatic heterocycles. The van der Waals surface area contributed by atoms with E-state index in [1.807, 2.05) is 11.8 Å². The number of nitrogens with zero attached hydrogens (tertiary/aromatic N) is 1. The molecule has 1 spiro atoms. The molecule has 3 heterocycles. The molecule has 1 radical (unpaired) electrons. The molecule has 0 fully saturated rings. The molecular weight excluding hydrogens is 607 g/mol. The minimum atomic E-state index is -2.71. The molecule has 0 bridgehead atoms. The van der Waals surface area contributed by atoms with Crippen LogP contribution in [0, 0.1) is 0 Å². The number of aromatic nitrogens is 1. The van der Waals surface area contributed by atoms with Crippen LogP contribution in [0.4, 0.5) is 0 Å². The van der Waals surface area contributed by atoms with Crippen molar-refractivity contribution < 1.29 is 0 Å². The van der Waals surface area contributed by atoms with Crippen LogP contribution in [0.1, 0.15) is 0 Å². The predicted molar refractivity (Wildman–Crippen MR) is 200 cm³/mol. The first-order chi connectivity index (χ1) is 22.8. The third-order valence-electron chi connectivity index (χ3n) is 9.98. The monoisotopic (exact) mass is 634 g/mol. The highest BCUT2D eigenvalue weighted by molar-refractivity contribution is 8.00. The van der Waals surface area contributed by atoms with Gasteiger partial charge in [-0.1, -0.05) is 161 Å². The van der Waals surface area contributed by atoms with Crippen molar-refractivity contribution >= 4 is 86.7 Å². The molecule has 0 unspecified atom stereocenters. The van der Waals surface area contributed by atoms with Gasteiger partial charge in [0.1, 0.15) is 0 Å². The lowest BCUT2D eigenvalue weighted by Gasteiger charge is -2.46. The normalized spacial score (nSPS) is 14.5. The van der Waals surface area contributed by atoms with E-state index in [0.29, 0.717) is 0 Å².